The molecule has 1 saturated heterocycles. The lowest BCUT2D eigenvalue weighted by atomic mass is 9.69. The van der Waals surface area contributed by atoms with E-state index in [4.69, 9.17) is 9.47 Å². The maximum absolute atomic E-state index is 12.4. The monoisotopic (exact) mass is 403 g/mol. The Hall–Kier alpha value is -1.55. The normalized spacial score (nSPS) is 22.1. The molecule has 1 aromatic carbocycles. The van der Waals surface area contributed by atoms with Crippen molar-refractivity contribution in [1.29, 1.82) is 0 Å². The lowest BCUT2D eigenvalue weighted by Crippen LogP contribution is -2.41. The first kappa shape index (κ1) is 23.7. The fourth-order valence-corrected chi connectivity index (χ4v) is 4.29. The van der Waals surface area contributed by atoms with Crippen molar-refractivity contribution in [3.63, 3.8) is 0 Å². The van der Waals surface area contributed by atoms with Gasteiger partial charge in [-0.05, 0) is 60.6 Å². The quantitative estimate of drug-likeness (QED) is 0.504. The van der Waals surface area contributed by atoms with Crippen molar-refractivity contribution in [2.45, 2.75) is 79.4 Å². The molecule has 1 amide bonds. The summed E-state index contributed by atoms with van der Waals surface area (Å²) in [6.07, 6.45) is 6.09. The van der Waals surface area contributed by atoms with E-state index in [-0.39, 0.29) is 11.3 Å². The van der Waals surface area contributed by atoms with Crippen LogP contribution < -0.4 is 4.74 Å². The van der Waals surface area contributed by atoms with Gasteiger partial charge in [-0.15, -0.1) is 0 Å². The summed E-state index contributed by atoms with van der Waals surface area (Å²) >= 11 is 0. The van der Waals surface area contributed by atoms with Crippen molar-refractivity contribution < 1.29 is 14.3 Å². The van der Waals surface area contributed by atoms with Crippen molar-refractivity contribution in [2.24, 2.45) is 17.3 Å². The largest absolute Gasteiger partial charge is 0.497 e. The zero-order chi connectivity index (χ0) is 21.4. The predicted octanol–water partition coefficient (Wildman–Crippen LogP) is 5.69. The van der Waals surface area contributed by atoms with E-state index in [9.17, 15) is 4.79 Å². The molecule has 0 saturated carbocycles. The number of hydrogen-bond acceptors (Lipinski definition) is 3. The Balaban J connectivity index is 2.07. The number of nitrogens with zero attached hydrogens (tertiary/aromatic N) is 1. The lowest BCUT2D eigenvalue weighted by Gasteiger charge is -2.44. The van der Waals surface area contributed by atoms with Crippen molar-refractivity contribution in [1.82, 2.24) is 4.90 Å². The zero-order valence-electron chi connectivity index (χ0n) is 19.4. The van der Waals surface area contributed by atoms with Crippen LogP contribution in [0.1, 0.15) is 72.3 Å². The van der Waals surface area contributed by atoms with Crippen LogP contribution in [0, 0.1) is 17.3 Å². The minimum Gasteiger partial charge on any atom is -0.497 e. The van der Waals surface area contributed by atoms with E-state index in [1.165, 1.54) is 12.8 Å². The number of methoxy groups -OCH3 is 1. The van der Waals surface area contributed by atoms with E-state index in [0.29, 0.717) is 24.5 Å². The molecule has 0 radical (unpaired) electrons. The number of amides is 1. The molecule has 1 heterocycles. The van der Waals surface area contributed by atoms with E-state index in [1.807, 2.05) is 29.2 Å². The molecule has 1 aromatic rings. The smallest absolute Gasteiger partial charge is 0.219 e. The van der Waals surface area contributed by atoms with E-state index < -0.39 is 0 Å². The highest BCUT2D eigenvalue weighted by molar-refractivity contribution is 5.73. The number of benzene rings is 1. The molecule has 4 heteroatoms. The third kappa shape index (κ3) is 7.33. The molecule has 0 unspecified atom stereocenters. The summed E-state index contributed by atoms with van der Waals surface area (Å²) in [6.45, 7) is 13.1. The molecule has 2 rings (SSSR count). The summed E-state index contributed by atoms with van der Waals surface area (Å²) in [4.78, 5) is 14.4. The molecule has 164 valence electrons. The summed E-state index contributed by atoms with van der Waals surface area (Å²) in [6, 6.07) is 8.02. The van der Waals surface area contributed by atoms with Crippen LogP contribution in [0.4, 0.5) is 0 Å². The third-order valence-corrected chi connectivity index (χ3v) is 6.48. The van der Waals surface area contributed by atoms with Gasteiger partial charge in [-0.2, -0.15) is 0 Å². The van der Waals surface area contributed by atoms with E-state index in [0.717, 1.165) is 43.7 Å². The molecule has 0 N–H and O–H groups in total. The highest BCUT2D eigenvalue weighted by Crippen LogP contribution is 2.43. The zero-order valence-corrected chi connectivity index (χ0v) is 19.4. The molecular weight excluding hydrogens is 362 g/mol. The van der Waals surface area contributed by atoms with E-state index >= 15 is 0 Å². The van der Waals surface area contributed by atoms with Crippen LogP contribution in [0.25, 0.3) is 0 Å². The van der Waals surface area contributed by atoms with Gasteiger partial charge in [0.2, 0.25) is 5.91 Å². The second kappa shape index (κ2) is 11.0. The Morgan fingerprint density at radius 3 is 2.45 bits per heavy atom. The summed E-state index contributed by atoms with van der Waals surface area (Å²) < 4.78 is 11.3. The topological polar surface area (TPSA) is 38.8 Å². The fraction of sp³-hybridized carbons (Fsp3) is 0.720. The first-order valence-corrected chi connectivity index (χ1v) is 11.2. The summed E-state index contributed by atoms with van der Waals surface area (Å²) in [5, 5.41) is 0. The van der Waals surface area contributed by atoms with Crippen molar-refractivity contribution in [2.75, 3.05) is 20.3 Å². The van der Waals surface area contributed by atoms with Crippen LogP contribution >= 0.6 is 0 Å². The lowest BCUT2D eigenvalue weighted by molar-refractivity contribution is -0.130. The molecule has 1 aliphatic rings. The van der Waals surface area contributed by atoms with Gasteiger partial charge in [0.15, 0.2) is 0 Å². The van der Waals surface area contributed by atoms with Crippen LogP contribution in [-0.2, 0) is 16.1 Å². The first-order chi connectivity index (χ1) is 13.7. The van der Waals surface area contributed by atoms with Crippen LogP contribution in [0.5, 0.6) is 5.75 Å². The van der Waals surface area contributed by atoms with Gasteiger partial charge < -0.3 is 14.4 Å². The van der Waals surface area contributed by atoms with Gasteiger partial charge >= 0.3 is 0 Å². The SMILES string of the molecule is COc1ccc(CN(CC[C@@]2(CCC(C)C)CCO[C@H](C(C)C)C2)C(C)=O)cc1. The van der Waals surface area contributed by atoms with Gasteiger partial charge in [0.1, 0.15) is 5.75 Å². The summed E-state index contributed by atoms with van der Waals surface area (Å²) in [7, 11) is 1.67. The molecule has 4 nitrogen and oxygen atoms in total. The number of ether oxygens (including phenoxy) is 2. The average molecular weight is 404 g/mol. The Bertz CT molecular complexity index is 625. The molecule has 1 aliphatic heterocycles. The molecule has 0 aliphatic carbocycles. The van der Waals surface area contributed by atoms with Crippen molar-refractivity contribution in [3.8, 4) is 5.75 Å². The highest BCUT2D eigenvalue weighted by atomic mass is 16.5. The van der Waals surface area contributed by atoms with Crippen molar-refractivity contribution >= 4 is 5.91 Å². The maximum Gasteiger partial charge on any atom is 0.219 e. The molecule has 1 fully saturated rings. The minimum atomic E-state index is 0.146. The second-order valence-corrected chi connectivity index (χ2v) is 9.58. The minimum absolute atomic E-state index is 0.146. The highest BCUT2D eigenvalue weighted by Gasteiger charge is 2.38. The van der Waals surface area contributed by atoms with Crippen LogP contribution in [-0.4, -0.2) is 37.2 Å². The van der Waals surface area contributed by atoms with E-state index in [2.05, 4.69) is 27.7 Å². The van der Waals surface area contributed by atoms with Gasteiger partial charge in [-0.25, -0.2) is 0 Å². The summed E-state index contributed by atoms with van der Waals surface area (Å²) in [5.41, 5.74) is 1.43. The number of carbonyl (C=O) groups excluding carboxylic acids is 1. The Morgan fingerprint density at radius 1 is 1.21 bits per heavy atom. The fourth-order valence-electron chi connectivity index (χ4n) is 4.29. The van der Waals surface area contributed by atoms with Gasteiger partial charge in [0.25, 0.3) is 0 Å². The number of carbonyl (C=O) groups is 1. The van der Waals surface area contributed by atoms with Crippen LogP contribution in [0.3, 0.4) is 0 Å². The van der Waals surface area contributed by atoms with Crippen molar-refractivity contribution in [3.05, 3.63) is 29.8 Å². The summed E-state index contributed by atoms with van der Waals surface area (Å²) in [5.74, 6) is 2.23. The average Bonchev–Trinajstić information content (AvgIpc) is 2.70. The molecular formula is C25H41NO3. The number of rotatable bonds is 10. The molecule has 0 aromatic heterocycles. The standard InChI is InChI=1S/C25H41NO3/c1-19(2)11-12-25(14-16-29-24(17-25)20(3)4)13-15-26(21(5)27)18-22-7-9-23(28-6)10-8-22/h7-10,19-20,24H,11-18H2,1-6H3/t24-,25-/m0/s1. The third-order valence-electron chi connectivity index (χ3n) is 6.48. The molecule has 29 heavy (non-hydrogen) atoms. The molecule has 0 spiro atoms. The van der Waals surface area contributed by atoms with Gasteiger partial charge in [0, 0.05) is 26.6 Å². The van der Waals surface area contributed by atoms with Gasteiger partial charge in [0.05, 0.1) is 13.2 Å². The van der Waals surface area contributed by atoms with Gasteiger partial charge in [-0.3, -0.25) is 4.79 Å². The Labute approximate surface area is 178 Å². The molecule has 0 bridgehead atoms. The Morgan fingerprint density at radius 2 is 1.90 bits per heavy atom. The predicted molar refractivity (Wildman–Crippen MR) is 119 cm³/mol. The number of hydrogen-bond donors (Lipinski definition) is 0. The van der Waals surface area contributed by atoms with E-state index in [1.54, 1.807) is 14.0 Å². The molecule has 2 atom stereocenters. The van der Waals surface area contributed by atoms with Gasteiger partial charge in [-0.1, -0.05) is 46.2 Å². The first-order valence-electron chi connectivity index (χ1n) is 11.2. The van der Waals surface area contributed by atoms with Crippen LogP contribution in [0.15, 0.2) is 24.3 Å². The second-order valence-electron chi connectivity index (χ2n) is 9.58. The maximum atomic E-state index is 12.4. The Kier molecular flexibility index (Phi) is 9.01. The van der Waals surface area contributed by atoms with Crippen LogP contribution in [0.2, 0.25) is 0 Å².